The summed E-state index contributed by atoms with van der Waals surface area (Å²) in [5, 5.41) is 13.8. The molecule has 0 unspecified atom stereocenters. The van der Waals surface area contributed by atoms with Gasteiger partial charge in [0.25, 0.3) is 0 Å². The first-order valence-corrected chi connectivity index (χ1v) is 6.43. The quantitative estimate of drug-likeness (QED) is 0.701. The van der Waals surface area contributed by atoms with Crippen LogP contribution in [0.5, 0.6) is 0 Å². The van der Waals surface area contributed by atoms with Gasteiger partial charge in [0.05, 0.1) is 23.8 Å². The Morgan fingerprint density at radius 1 is 1.35 bits per heavy atom. The average Bonchev–Trinajstić information content (AvgIpc) is 2.93. The summed E-state index contributed by atoms with van der Waals surface area (Å²) >= 11 is 0. The molecule has 0 atom stereocenters. The number of benzene rings is 1. The number of nitrogens with two attached hydrogens (primary N) is 1. The molecule has 0 saturated heterocycles. The van der Waals surface area contributed by atoms with Crippen LogP contribution in [0.1, 0.15) is 17.1 Å². The molecule has 3 rings (SSSR count). The van der Waals surface area contributed by atoms with Crippen molar-refractivity contribution in [3.63, 3.8) is 0 Å². The monoisotopic (exact) mass is 271 g/mol. The van der Waals surface area contributed by atoms with Crippen LogP contribution in [0.3, 0.4) is 0 Å². The minimum Gasteiger partial charge on any atom is -0.399 e. The van der Waals surface area contributed by atoms with E-state index in [1.165, 1.54) is 0 Å². The molecule has 2 heterocycles. The predicted octanol–water partition coefficient (Wildman–Crippen LogP) is 1.20. The molecule has 0 saturated carbocycles. The van der Waals surface area contributed by atoms with E-state index in [0.29, 0.717) is 18.1 Å². The number of rotatable bonds is 3. The molecule has 6 nitrogen and oxygen atoms in total. The molecule has 0 fully saturated rings. The summed E-state index contributed by atoms with van der Waals surface area (Å²) in [5.41, 5.74) is 10.4. The lowest BCUT2D eigenvalue weighted by molar-refractivity contribution is 0.267. The number of imidazole rings is 1. The van der Waals surface area contributed by atoms with Crippen molar-refractivity contribution < 1.29 is 5.11 Å². The summed E-state index contributed by atoms with van der Waals surface area (Å²) in [6.45, 7) is 2.56. The number of hydrogen-bond acceptors (Lipinski definition) is 4. The van der Waals surface area contributed by atoms with E-state index < -0.39 is 0 Å². The van der Waals surface area contributed by atoms with E-state index in [1.54, 1.807) is 0 Å². The SMILES string of the molecule is Cc1c(Cn2c(CO)nc3cc(N)ccc32)cnn1C. The molecule has 0 radical (unpaired) electrons. The van der Waals surface area contributed by atoms with Crippen LogP contribution in [0.2, 0.25) is 0 Å². The number of anilines is 1. The third-order valence-corrected chi connectivity index (χ3v) is 3.66. The molecule has 3 N–H and O–H groups in total. The van der Waals surface area contributed by atoms with Gasteiger partial charge in [-0.15, -0.1) is 0 Å². The molecule has 0 aliphatic carbocycles. The number of aliphatic hydroxyl groups excluding tert-OH is 1. The third kappa shape index (κ3) is 1.94. The first-order chi connectivity index (χ1) is 9.60. The molecule has 20 heavy (non-hydrogen) atoms. The van der Waals surface area contributed by atoms with Crippen molar-refractivity contribution >= 4 is 16.7 Å². The minimum atomic E-state index is -0.103. The van der Waals surface area contributed by atoms with Gasteiger partial charge in [0.15, 0.2) is 0 Å². The van der Waals surface area contributed by atoms with Crippen molar-refractivity contribution in [2.45, 2.75) is 20.1 Å². The minimum absolute atomic E-state index is 0.103. The van der Waals surface area contributed by atoms with Gasteiger partial charge < -0.3 is 15.4 Å². The molecule has 0 aliphatic heterocycles. The van der Waals surface area contributed by atoms with E-state index in [0.717, 1.165) is 22.3 Å². The largest absolute Gasteiger partial charge is 0.399 e. The second kappa shape index (κ2) is 4.64. The number of fused-ring (bicyclic) bond motifs is 1. The van der Waals surface area contributed by atoms with Crippen LogP contribution >= 0.6 is 0 Å². The zero-order valence-corrected chi connectivity index (χ0v) is 11.5. The second-order valence-electron chi connectivity index (χ2n) is 4.90. The molecule has 0 amide bonds. The van der Waals surface area contributed by atoms with Crippen molar-refractivity contribution in [1.82, 2.24) is 19.3 Å². The van der Waals surface area contributed by atoms with E-state index in [-0.39, 0.29) is 6.61 Å². The Balaban J connectivity index is 2.12. The number of hydrogen-bond donors (Lipinski definition) is 2. The lowest BCUT2D eigenvalue weighted by Gasteiger charge is -2.07. The molecule has 1 aromatic carbocycles. The Bertz CT molecular complexity index is 771. The molecule has 104 valence electrons. The van der Waals surface area contributed by atoms with Gasteiger partial charge in [-0.05, 0) is 25.1 Å². The molecule has 0 bridgehead atoms. The maximum absolute atomic E-state index is 9.51. The van der Waals surface area contributed by atoms with E-state index >= 15 is 0 Å². The number of aryl methyl sites for hydroxylation is 1. The summed E-state index contributed by atoms with van der Waals surface area (Å²) in [6, 6.07) is 5.60. The zero-order chi connectivity index (χ0) is 14.3. The van der Waals surface area contributed by atoms with E-state index in [4.69, 9.17) is 5.73 Å². The smallest absolute Gasteiger partial charge is 0.136 e. The number of aliphatic hydroxyl groups is 1. The van der Waals surface area contributed by atoms with Crippen LogP contribution < -0.4 is 5.73 Å². The highest BCUT2D eigenvalue weighted by molar-refractivity contribution is 5.79. The fourth-order valence-corrected chi connectivity index (χ4v) is 2.36. The Kier molecular flexibility index (Phi) is 2.94. The molecule has 0 aliphatic rings. The third-order valence-electron chi connectivity index (χ3n) is 3.66. The molecule has 0 spiro atoms. The summed E-state index contributed by atoms with van der Waals surface area (Å²) < 4.78 is 3.84. The Morgan fingerprint density at radius 2 is 2.15 bits per heavy atom. The predicted molar refractivity (Wildman–Crippen MR) is 77.1 cm³/mol. The highest BCUT2D eigenvalue weighted by Gasteiger charge is 2.13. The summed E-state index contributed by atoms with van der Waals surface area (Å²) in [7, 11) is 1.92. The fourth-order valence-electron chi connectivity index (χ4n) is 2.36. The highest BCUT2D eigenvalue weighted by Crippen LogP contribution is 2.21. The number of nitrogen functional groups attached to an aromatic ring is 1. The van der Waals surface area contributed by atoms with Crippen LogP contribution in [-0.2, 0) is 20.2 Å². The summed E-state index contributed by atoms with van der Waals surface area (Å²) in [6.07, 6.45) is 1.85. The van der Waals surface area contributed by atoms with Gasteiger partial charge in [-0.2, -0.15) is 5.10 Å². The normalized spacial score (nSPS) is 11.3. The van der Waals surface area contributed by atoms with E-state index in [2.05, 4.69) is 10.1 Å². The first-order valence-electron chi connectivity index (χ1n) is 6.43. The van der Waals surface area contributed by atoms with E-state index in [1.807, 2.05) is 47.6 Å². The van der Waals surface area contributed by atoms with Gasteiger partial charge in [0, 0.05) is 24.0 Å². The zero-order valence-electron chi connectivity index (χ0n) is 11.5. The summed E-state index contributed by atoms with van der Waals surface area (Å²) in [5.74, 6) is 0.633. The van der Waals surface area contributed by atoms with Crippen LogP contribution in [0.15, 0.2) is 24.4 Å². The first kappa shape index (κ1) is 12.7. The lowest BCUT2D eigenvalue weighted by atomic mass is 10.2. The van der Waals surface area contributed by atoms with Crippen LogP contribution in [0.4, 0.5) is 5.69 Å². The maximum Gasteiger partial charge on any atom is 0.136 e. The summed E-state index contributed by atoms with van der Waals surface area (Å²) in [4.78, 5) is 4.43. The second-order valence-corrected chi connectivity index (χ2v) is 4.90. The van der Waals surface area contributed by atoms with Crippen molar-refractivity contribution in [2.75, 3.05) is 5.73 Å². The van der Waals surface area contributed by atoms with E-state index in [9.17, 15) is 5.11 Å². The number of aromatic nitrogens is 4. The topological polar surface area (TPSA) is 81.9 Å². The lowest BCUT2D eigenvalue weighted by Crippen LogP contribution is -2.06. The molecule has 6 heteroatoms. The fraction of sp³-hybridized carbons (Fsp3) is 0.286. The van der Waals surface area contributed by atoms with Gasteiger partial charge in [0.1, 0.15) is 12.4 Å². The molecule has 2 aromatic heterocycles. The van der Waals surface area contributed by atoms with Gasteiger partial charge in [-0.25, -0.2) is 4.98 Å². The van der Waals surface area contributed by atoms with Crippen LogP contribution in [0.25, 0.3) is 11.0 Å². The van der Waals surface area contributed by atoms with Gasteiger partial charge in [-0.1, -0.05) is 0 Å². The van der Waals surface area contributed by atoms with Gasteiger partial charge >= 0.3 is 0 Å². The molecule has 3 aromatic rings. The standard InChI is InChI=1S/C14H17N5O/c1-9-10(6-16-18(9)2)7-19-13-4-3-11(15)5-12(13)17-14(19)8-20/h3-6,20H,7-8,15H2,1-2H3. The Labute approximate surface area is 116 Å². The van der Waals surface area contributed by atoms with Crippen molar-refractivity contribution in [3.05, 3.63) is 41.5 Å². The van der Waals surface area contributed by atoms with Gasteiger partial charge in [-0.3, -0.25) is 4.68 Å². The van der Waals surface area contributed by atoms with Crippen molar-refractivity contribution in [3.8, 4) is 0 Å². The highest BCUT2D eigenvalue weighted by atomic mass is 16.3. The Hall–Kier alpha value is -2.34. The van der Waals surface area contributed by atoms with Crippen LogP contribution in [-0.4, -0.2) is 24.4 Å². The molecular weight excluding hydrogens is 254 g/mol. The van der Waals surface area contributed by atoms with Gasteiger partial charge in [0.2, 0.25) is 0 Å². The van der Waals surface area contributed by atoms with Crippen molar-refractivity contribution in [2.24, 2.45) is 7.05 Å². The maximum atomic E-state index is 9.51. The van der Waals surface area contributed by atoms with Crippen molar-refractivity contribution in [1.29, 1.82) is 0 Å². The molecular formula is C14H17N5O. The van der Waals surface area contributed by atoms with Crippen LogP contribution in [0, 0.1) is 6.92 Å². The average molecular weight is 271 g/mol. The number of nitrogens with zero attached hydrogens (tertiary/aromatic N) is 4. The Morgan fingerprint density at radius 3 is 2.80 bits per heavy atom.